The molecule has 2 aliphatic heterocycles. The molecule has 3 rings (SSSR count). The number of furan rings is 1. The predicted octanol–water partition coefficient (Wildman–Crippen LogP) is 2.90. The van der Waals surface area contributed by atoms with Gasteiger partial charge in [-0.2, -0.15) is 0 Å². The highest BCUT2D eigenvalue weighted by molar-refractivity contribution is 5.68. The van der Waals surface area contributed by atoms with Crippen LogP contribution in [-0.2, 0) is 16.7 Å². The van der Waals surface area contributed by atoms with Crippen LogP contribution >= 0.6 is 0 Å². The van der Waals surface area contributed by atoms with Crippen LogP contribution in [0.3, 0.4) is 0 Å². The molecule has 22 heavy (non-hydrogen) atoms. The highest BCUT2D eigenvalue weighted by Crippen LogP contribution is 2.40. The Morgan fingerprint density at radius 3 is 3.00 bits per heavy atom. The van der Waals surface area contributed by atoms with Crippen LogP contribution in [0.4, 0.5) is 4.79 Å². The zero-order chi connectivity index (χ0) is 16.0. The smallest absolute Gasteiger partial charge is 0.410 e. The van der Waals surface area contributed by atoms with Crippen LogP contribution in [0.15, 0.2) is 16.7 Å². The molecule has 1 amide bonds. The van der Waals surface area contributed by atoms with Crippen LogP contribution in [0.5, 0.6) is 0 Å². The molecule has 2 aliphatic rings. The largest absolute Gasteiger partial charge is 0.469 e. The lowest BCUT2D eigenvalue weighted by atomic mass is 9.77. The van der Waals surface area contributed by atoms with Gasteiger partial charge in [0.15, 0.2) is 0 Å². The molecule has 3 heterocycles. The second-order valence-electron chi connectivity index (χ2n) is 7.55. The Bertz CT molecular complexity index is 560. The van der Waals surface area contributed by atoms with Gasteiger partial charge in [-0.05, 0) is 40.2 Å². The van der Waals surface area contributed by atoms with Gasteiger partial charge in [-0.15, -0.1) is 0 Å². The van der Waals surface area contributed by atoms with Gasteiger partial charge in [0.25, 0.3) is 0 Å². The van der Waals surface area contributed by atoms with Crippen LogP contribution in [0.25, 0.3) is 0 Å². The van der Waals surface area contributed by atoms with Crippen molar-refractivity contribution in [2.45, 2.75) is 51.7 Å². The fourth-order valence-electron chi connectivity index (χ4n) is 3.62. The average Bonchev–Trinajstić information content (AvgIpc) is 3.07. The zero-order valence-corrected chi connectivity index (χ0v) is 13.9. The maximum Gasteiger partial charge on any atom is 0.410 e. The van der Waals surface area contributed by atoms with Crippen molar-refractivity contribution >= 4 is 6.09 Å². The minimum Gasteiger partial charge on any atom is -0.469 e. The molecule has 0 aliphatic carbocycles. The first kappa shape index (κ1) is 15.4. The van der Waals surface area contributed by atoms with Crippen molar-refractivity contribution in [2.24, 2.45) is 5.92 Å². The molecule has 5 nitrogen and oxygen atoms in total. The summed E-state index contributed by atoms with van der Waals surface area (Å²) >= 11 is 0. The topological polar surface area (TPSA) is 54.7 Å². The van der Waals surface area contributed by atoms with E-state index in [1.54, 1.807) is 6.26 Å². The molecule has 0 aromatic carbocycles. The van der Waals surface area contributed by atoms with Crippen molar-refractivity contribution in [3.05, 3.63) is 23.7 Å². The van der Waals surface area contributed by atoms with Crippen molar-refractivity contribution in [3.63, 3.8) is 0 Å². The second kappa shape index (κ2) is 5.30. The highest BCUT2D eigenvalue weighted by Gasteiger charge is 2.44. The summed E-state index contributed by atoms with van der Waals surface area (Å²) in [6, 6.07) is 2.07. The Kier molecular flexibility index (Phi) is 3.71. The summed E-state index contributed by atoms with van der Waals surface area (Å²) in [7, 11) is 0. The number of nitrogens with zero attached hydrogens (tertiary/aromatic N) is 1. The van der Waals surface area contributed by atoms with E-state index >= 15 is 0 Å². The maximum absolute atomic E-state index is 12.3. The molecule has 2 unspecified atom stereocenters. The van der Waals surface area contributed by atoms with Gasteiger partial charge in [0.1, 0.15) is 11.4 Å². The van der Waals surface area contributed by atoms with Crippen molar-refractivity contribution in [2.75, 3.05) is 19.6 Å². The first-order valence-corrected chi connectivity index (χ1v) is 8.09. The van der Waals surface area contributed by atoms with E-state index in [4.69, 9.17) is 9.15 Å². The van der Waals surface area contributed by atoms with E-state index in [0.29, 0.717) is 5.92 Å². The van der Waals surface area contributed by atoms with E-state index in [2.05, 4.69) is 18.3 Å². The van der Waals surface area contributed by atoms with Crippen LogP contribution in [0.1, 0.15) is 45.4 Å². The first-order valence-electron chi connectivity index (χ1n) is 8.09. The molecule has 5 heteroatoms. The molecule has 1 saturated heterocycles. The van der Waals surface area contributed by atoms with Gasteiger partial charge < -0.3 is 19.4 Å². The average molecular weight is 306 g/mol. The molecule has 2 atom stereocenters. The SMILES string of the molecule is CC(C)(C)OC(=O)N1CCC(C2(C)NCCc3occc32)C1. The van der Waals surface area contributed by atoms with Gasteiger partial charge in [0.2, 0.25) is 0 Å². The Labute approximate surface area is 132 Å². The number of hydrogen-bond donors (Lipinski definition) is 1. The van der Waals surface area contributed by atoms with Gasteiger partial charge >= 0.3 is 6.09 Å². The van der Waals surface area contributed by atoms with E-state index in [-0.39, 0.29) is 11.6 Å². The number of amides is 1. The van der Waals surface area contributed by atoms with Crippen molar-refractivity contribution < 1.29 is 13.9 Å². The molecule has 0 saturated carbocycles. The van der Waals surface area contributed by atoms with Gasteiger partial charge in [-0.25, -0.2) is 4.79 Å². The summed E-state index contributed by atoms with van der Waals surface area (Å²) in [4.78, 5) is 14.1. The molecule has 1 fully saturated rings. The van der Waals surface area contributed by atoms with Gasteiger partial charge in [-0.3, -0.25) is 0 Å². The number of carbonyl (C=O) groups excluding carboxylic acids is 1. The molecule has 122 valence electrons. The monoisotopic (exact) mass is 306 g/mol. The van der Waals surface area contributed by atoms with E-state index < -0.39 is 5.60 Å². The lowest BCUT2D eigenvalue weighted by Crippen LogP contribution is -2.50. The summed E-state index contributed by atoms with van der Waals surface area (Å²) in [5, 5.41) is 3.65. The lowest BCUT2D eigenvalue weighted by Gasteiger charge is -2.39. The molecule has 0 radical (unpaired) electrons. The van der Waals surface area contributed by atoms with Crippen LogP contribution in [0, 0.1) is 5.92 Å². The number of hydrogen-bond acceptors (Lipinski definition) is 4. The van der Waals surface area contributed by atoms with E-state index in [0.717, 1.165) is 38.2 Å². The van der Waals surface area contributed by atoms with Gasteiger partial charge in [0, 0.05) is 43.1 Å². The quantitative estimate of drug-likeness (QED) is 0.867. The molecule has 1 aromatic rings. The molecule has 0 spiro atoms. The van der Waals surface area contributed by atoms with Crippen molar-refractivity contribution in [3.8, 4) is 0 Å². The van der Waals surface area contributed by atoms with E-state index in [1.807, 2.05) is 25.7 Å². The van der Waals surface area contributed by atoms with Crippen LogP contribution in [-0.4, -0.2) is 36.2 Å². The van der Waals surface area contributed by atoms with E-state index in [9.17, 15) is 4.79 Å². The molecule has 1 N–H and O–H groups in total. The minimum absolute atomic E-state index is 0.128. The predicted molar refractivity (Wildman–Crippen MR) is 83.7 cm³/mol. The zero-order valence-electron chi connectivity index (χ0n) is 13.9. The lowest BCUT2D eigenvalue weighted by molar-refractivity contribution is 0.0278. The molecule has 0 bridgehead atoms. The highest BCUT2D eigenvalue weighted by atomic mass is 16.6. The molecular weight excluding hydrogens is 280 g/mol. The van der Waals surface area contributed by atoms with Gasteiger partial charge in [0.05, 0.1) is 6.26 Å². The standard InChI is InChI=1S/C17H26N2O3/c1-16(2,3)22-15(20)19-9-6-12(11-19)17(4)13-7-10-21-14(13)5-8-18-17/h7,10,12,18H,5-6,8-9,11H2,1-4H3. The van der Waals surface area contributed by atoms with Crippen molar-refractivity contribution in [1.82, 2.24) is 10.2 Å². The third-order valence-electron chi connectivity index (χ3n) is 4.81. The summed E-state index contributed by atoms with van der Waals surface area (Å²) in [5.74, 6) is 1.45. The normalized spacial score (nSPS) is 28.5. The number of rotatable bonds is 1. The van der Waals surface area contributed by atoms with Crippen LogP contribution in [0.2, 0.25) is 0 Å². The van der Waals surface area contributed by atoms with Crippen molar-refractivity contribution in [1.29, 1.82) is 0 Å². The maximum atomic E-state index is 12.3. The summed E-state index contributed by atoms with van der Waals surface area (Å²) in [6.07, 6.45) is 3.48. The Hall–Kier alpha value is -1.49. The number of nitrogens with one attached hydrogen (secondary N) is 1. The Balaban J connectivity index is 1.72. The molecule has 1 aromatic heterocycles. The summed E-state index contributed by atoms with van der Waals surface area (Å²) < 4.78 is 11.1. The Morgan fingerprint density at radius 2 is 2.27 bits per heavy atom. The Morgan fingerprint density at radius 1 is 1.50 bits per heavy atom. The third-order valence-corrected chi connectivity index (χ3v) is 4.81. The third kappa shape index (κ3) is 2.74. The van der Waals surface area contributed by atoms with Gasteiger partial charge in [-0.1, -0.05) is 0 Å². The number of carbonyl (C=O) groups is 1. The summed E-state index contributed by atoms with van der Waals surface area (Å²) in [5.41, 5.74) is 0.673. The van der Waals surface area contributed by atoms with E-state index in [1.165, 1.54) is 5.56 Å². The minimum atomic E-state index is -0.445. The number of likely N-dealkylation sites (tertiary alicyclic amines) is 1. The molecular formula is C17H26N2O3. The van der Waals surface area contributed by atoms with Crippen LogP contribution < -0.4 is 5.32 Å². The fourth-order valence-corrected chi connectivity index (χ4v) is 3.62. The second-order valence-corrected chi connectivity index (χ2v) is 7.55. The fraction of sp³-hybridized carbons (Fsp3) is 0.706. The number of fused-ring (bicyclic) bond motifs is 1. The first-order chi connectivity index (χ1) is 10.3. The summed E-state index contributed by atoms with van der Waals surface area (Å²) in [6.45, 7) is 10.3. The number of ether oxygens (including phenoxy) is 1.